The molecule has 1 aromatic carbocycles. The zero-order chi connectivity index (χ0) is 14.4. The minimum atomic E-state index is 0.00999. The first-order valence-corrected chi connectivity index (χ1v) is 6.69. The van der Waals surface area contributed by atoms with Gasteiger partial charge in [0.2, 0.25) is 5.91 Å². The molecular formula is C15H25N3O. The molecule has 0 saturated carbocycles. The number of rotatable bonds is 6. The van der Waals surface area contributed by atoms with Gasteiger partial charge in [0.1, 0.15) is 0 Å². The van der Waals surface area contributed by atoms with E-state index in [1.54, 1.807) is 7.05 Å². The topological polar surface area (TPSA) is 58.4 Å². The Balaban J connectivity index is 2.83. The van der Waals surface area contributed by atoms with E-state index in [0.717, 1.165) is 0 Å². The maximum absolute atomic E-state index is 11.3. The number of nitrogens with zero attached hydrogens (tertiary/aromatic N) is 1. The fourth-order valence-electron chi connectivity index (χ4n) is 2.38. The molecule has 2 atom stereocenters. The molecule has 19 heavy (non-hydrogen) atoms. The predicted molar refractivity (Wildman–Crippen MR) is 78.9 cm³/mol. The lowest BCUT2D eigenvalue weighted by Crippen LogP contribution is -2.39. The predicted octanol–water partition coefficient (Wildman–Crippen LogP) is 1.45. The van der Waals surface area contributed by atoms with E-state index >= 15 is 0 Å². The second-order valence-electron chi connectivity index (χ2n) is 5.06. The molecule has 2 unspecified atom stereocenters. The van der Waals surface area contributed by atoms with Gasteiger partial charge in [0.15, 0.2) is 0 Å². The third-order valence-corrected chi connectivity index (χ3v) is 3.45. The van der Waals surface area contributed by atoms with Crippen LogP contribution in [-0.4, -0.2) is 37.5 Å². The standard InChI is InChI=1S/C15H25N3O/c1-11-7-5-6-8-13(11)15(12(2)16)18(4)10-9-14(19)17-3/h5-8,12,15H,9-10,16H2,1-4H3,(H,17,19). The number of carbonyl (C=O) groups excluding carboxylic acids is 1. The summed E-state index contributed by atoms with van der Waals surface area (Å²) in [6.07, 6.45) is 0.488. The molecule has 1 rings (SSSR count). The van der Waals surface area contributed by atoms with Crippen molar-refractivity contribution in [1.82, 2.24) is 10.2 Å². The third-order valence-electron chi connectivity index (χ3n) is 3.45. The summed E-state index contributed by atoms with van der Waals surface area (Å²) in [6.45, 7) is 4.80. The molecule has 0 bridgehead atoms. The van der Waals surface area contributed by atoms with Gasteiger partial charge in [-0.3, -0.25) is 9.69 Å². The van der Waals surface area contributed by atoms with Crippen LogP contribution in [0, 0.1) is 6.92 Å². The molecule has 0 saturated heterocycles. The molecule has 4 heteroatoms. The second kappa shape index (κ2) is 7.26. The molecular weight excluding hydrogens is 238 g/mol. The number of carbonyl (C=O) groups is 1. The SMILES string of the molecule is CNC(=O)CCN(C)C(c1ccccc1C)C(C)N. The lowest BCUT2D eigenvalue weighted by molar-refractivity contribution is -0.121. The first-order chi connectivity index (χ1) is 8.97. The molecule has 0 heterocycles. The van der Waals surface area contributed by atoms with Crippen molar-refractivity contribution in [2.75, 3.05) is 20.6 Å². The minimum Gasteiger partial charge on any atom is -0.359 e. The van der Waals surface area contributed by atoms with Crippen molar-refractivity contribution in [3.63, 3.8) is 0 Å². The van der Waals surface area contributed by atoms with Crippen molar-refractivity contribution in [3.05, 3.63) is 35.4 Å². The average Bonchev–Trinajstić information content (AvgIpc) is 2.38. The number of hydrogen-bond donors (Lipinski definition) is 2. The van der Waals surface area contributed by atoms with Crippen LogP contribution in [0.4, 0.5) is 0 Å². The summed E-state index contributed by atoms with van der Waals surface area (Å²) in [5, 5.41) is 2.64. The van der Waals surface area contributed by atoms with Crippen LogP contribution in [0.2, 0.25) is 0 Å². The van der Waals surface area contributed by atoms with Crippen LogP contribution in [0.5, 0.6) is 0 Å². The Labute approximate surface area is 116 Å². The summed E-state index contributed by atoms with van der Waals surface area (Å²) >= 11 is 0. The first kappa shape index (κ1) is 15.7. The van der Waals surface area contributed by atoms with Gasteiger partial charge in [-0.15, -0.1) is 0 Å². The number of nitrogens with two attached hydrogens (primary N) is 1. The number of nitrogens with one attached hydrogen (secondary N) is 1. The number of amides is 1. The van der Waals surface area contributed by atoms with Gasteiger partial charge in [0.25, 0.3) is 0 Å². The number of benzene rings is 1. The molecule has 0 aliphatic rings. The van der Waals surface area contributed by atoms with Gasteiger partial charge >= 0.3 is 0 Å². The fourth-order valence-corrected chi connectivity index (χ4v) is 2.38. The summed E-state index contributed by atoms with van der Waals surface area (Å²) in [5.41, 5.74) is 8.60. The Bertz CT molecular complexity index is 418. The molecule has 0 aliphatic carbocycles. The van der Waals surface area contributed by atoms with Crippen LogP contribution in [0.25, 0.3) is 0 Å². The molecule has 0 aliphatic heterocycles. The van der Waals surface area contributed by atoms with E-state index in [4.69, 9.17) is 5.73 Å². The monoisotopic (exact) mass is 263 g/mol. The van der Waals surface area contributed by atoms with E-state index in [1.807, 2.05) is 26.1 Å². The highest BCUT2D eigenvalue weighted by molar-refractivity contribution is 5.75. The van der Waals surface area contributed by atoms with Crippen LogP contribution in [0.3, 0.4) is 0 Å². The molecule has 0 spiro atoms. The van der Waals surface area contributed by atoms with Crippen LogP contribution in [0.1, 0.15) is 30.5 Å². The lowest BCUT2D eigenvalue weighted by atomic mass is 9.95. The number of hydrogen-bond acceptors (Lipinski definition) is 3. The second-order valence-corrected chi connectivity index (χ2v) is 5.06. The van der Waals surface area contributed by atoms with E-state index in [-0.39, 0.29) is 18.0 Å². The Kier molecular flexibility index (Phi) is 5.99. The van der Waals surface area contributed by atoms with Crippen LogP contribution in [-0.2, 0) is 4.79 Å². The van der Waals surface area contributed by atoms with Crippen LogP contribution < -0.4 is 11.1 Å². The molecule has 106 valence electrons. The number of aryl methyl sites for hydroxylation is 1. The molecule has 3 N–H and O–H groups in total. The summed E-state index contributed by atoms with van der Waals surface area (Å²) < 4.78 is 0. The molecule has 0 radical (unpaired) electrons. The molecule has 1 aromatic rings. The van der Waals surface area contributed by atoms with Crippen molar-refractivity contribution in [1.29, 1.82) is 0 Å². The first-order valence-electron chi connectivity index (χ1n) is 6.69. The zero-order valence-electron chi connectivity index (χ0n) is 12.3. The van der Waals surface area contributed by atoms with Gasteiger partial charge in [0, 0.05) is 32.1 Å². The van der Waals surface area contributed by atoms with Gasteiger partial charge in [-0.25, -0.2) is 0 Å². The summed E-state index contributed by atoms with van der Waals surface area (Å²) in [4.78, 5) is 13.5. The van der Waals surface area contributed by atoms with E-state index in [1.165, 1.54) is 11.1 Å². The summed E-state index contributed by atoms with van der Waals surface area (Å²) in [7, 11) is 3.68. The Morgan fingerprint density at radius 2 is 2.05 bits per heavy atom. The van der Waals surface area contributed by atoms with E-state index in [0.29, 0.717) is 13.0 Å². The summed E-state index contributed by atoms with van der Waals surface area (Å²) in [5.74, 6) is 0.0556. The third kappa shape index (κ3) is 4.33. The largest absolute Gasteiger partial charge is 0.359 e. The maximum atomic E-state index is 11.3. The number of likely N-dealkylation sites (N-methyl/N-ethyl adjacent to an activating group) is 1. The Morgan fingerprint density at radius 3 is 2.58 bits per heavy atom. The van der Waals surface area contributed by atoms with Gasteiger partial charge in [0.05, 0.1) is 0 Å². The normalized spacial score (nSPS) is 14.2. The fraction of sp³-hybridized carbons (Fsp3) is 0.533. The average molecular weight is 263 g/mol. The van der Waals surface area contributed by atoms with Gasteiger partial charge < -0.3 is 11.1 Å². The Hall–Kier alpha value is -1.39. The lowest BCUT2D eigenvalue weighted by Gasteiger charge is -2.32. The molecule has 0 fully saturated rings. The summed E-state index contributed by atoms with van der Waals surface area (Å²) in [6, 6.07) is 8.41. The van der Waals surface area contributed by atoms with Crippen LogP contribution in [0.15, 0.2) is 24.3 Å². The van der Waals surface area contributed by atoms with E-state index < -0.39 is 0 Å². The van der Waals surface area contributed by atoms with Crippen molar-refractivity contribution < 1.29 is 4.79 Å². The van der Waals surface area contributed by atoms with Crippen molar-refractivity contribution in [2.24, 2.45) is 5.73 Å². The minimum absolute atomic E-state index is 0.00999. The van der Waals surface area contributed by atoms with Crippen LogP contribution >= 0.6 is 0 Å². The van der Waals surface area contributed by atoms with Crippen molar-refractivity contribution in [2.45, 2.75) is 32.4 Å². The quantitative estimate of drug-likeness (QED) is 0.817. The molecule has 4 nitrogen and oxygen atoms in total. The van der Waals surface area contributed by atoms with Crippen molar-refractivity contribution in [3.8, 4) is 0 Å². The highest BCUT2D eigenvalue weighted by Crippen LogP contribution is 2.25. The Morgan fingerprint density at radius 1 is 1.42 bits per heavy atom. The zero-order valence-corrected chi connectivity index (χ0v) is 12.3. The highest BCUT2D eigenvalue weighted by atomic mass is 16.1. The van der Waals surface area contributed by atoms with Crippen molar-refractivity contribution >= 4 is 5.91 Å². The van der Waals surface area contributed by atoms with Gasteiger partial charge in [-0.1, -0.05) is 24.3 Å². The van der Waals surface area contributed by atoms with Gasteiger partial charge in [-0.05, 0) is 32.0 Å². The van der Waals surface area contributed by atoms with Gasteiger partial charge in [-0.2, -0.15) is 0 Å². The van der Waals surface area contributed by atoms with E-state index in [9.17, 15) is 4.79 Å². The highest BCUT2D eigenvalue weighted by Gasteiger charge is 2.22. The maximum Gasteiger partial charge on any atom is 0.221 e. The van der Waals surface area contributed by atoms with E-state index in [2.05, 4.69) is 29.3 Å². The molecule has 0 aromatic heterocycles. The molecule has 1 amide bonds. The smallest absolute Gasteiger partial charge is 0.221 e.